The zero-order valence-electron chi connectivity index (χ0n) is 16.7. The van der Waals surface area contributed by atoms with Crippen molar-refractivity contribution in [1.29, 1.82) is 0 Å². The van der Waals surface area contributed by atoms with Crippen molar-refractivity contribution in [2.45, 2.75) is 13.2 Å². The molecule has 1 aliphatic heterocycles. The Morgan fingerprint density at radius 2 is 1.97 bits per heavy atom. The normalized spacial score (nSPS) is 13.2. The van der Waals surface area contributed by atoms with Crippen molar-refractivity contribution >= 4 is 23.1 Å². The van der Waals surface area contributed by atoms with E-state index in [4.69, 9.17) is 10.5 Å². The van der Waals surface area contributed by atoms with Crippen molar-refractivity contribution in [3.8, 4) is 5.75 Å². The summed E-state index contributed by atoms with van der Waals surface area (Å²) < 4.78 is 7.41. The summed E-state index contributed by atoms with van der Waals surface area (Å²) in [6.07, 6.45) is 2.23. The van der Waals surface area contributed by atoms with Crippen LogP contribution in [0.4, 0.5) is 0 Å². The van der Waals surface area contributed by atoms with Gasteiger partial charge in [0.05, 0.1) is 0 Å². The molecule has 0 fully saturated rings. The Bertz CT molecular complexity index is 1080. The van der Waals surface area contributed by atoms with Crippen LogP contribution in [-0.4, -0.2) is 31.6 Å². The first-order valence-corrected chi connectivity index (χ1v) is 10.8. The molecule has 0 saturated heterocycles. The summed E-state index contributed by atoms with van der Waals surface area (Å²) in [7, 11) is 2.13. The van der Waals surface area contributed by atoms with E-state index in [1.165, 1.54) is 31.3 Å². The molecule has 1 aromatic heterocycles. The van der Waals surface area contributed by atoms with Gasteiger partial charge in [0.25, 0.3) is 0 Å². The molecule has 2 aromatic carbocycles. The van der Waals surface area contributed by atoms with Crippen molar-refractivity contribution in [2.75, 3.05) is 26.7 Å². The molecule has 0 spiro atoms. The maximum atomic E-state index is 6.06. The Morgan fingerprint density at radius 1 is 1.10 bits per heavy atom. The maximum absolute atomic E-state index is 6.06. The summed E-state index contributed by atoms with van der Waals surface area (Å²) in [4.78, 5) is 3.59. The lowest BCUT2D eigenvalue weighted by Crippen LogP contribution is -2.34. The predicted octanol–water partition coefficient (Wildman–Crippen LogP) is 2.26. The highest BCUT2D eigenvalue weighted by atomic mass is 32.1. The summed E-state index contributed by atoms with van der Waals surface area (Å²) in [5, 5.41) is 4.69. The van der Waals surface area contributed by atoms with Crippen LogP contribution in [0.2, 0.25) is 0 Å². The van der Waals surface area contributed by atoms with Gasteiger partial charge in [-0.3, -0.25) is 0 Å². The van der Waals surface area contributed by atoms with Gasteiger partial charge in [0.15, 0.2) is 0 Å². The SMILES string of the molecule is CN1C=c2cc(CNCCN)sc2=C(c2cccc(OCc3ccccc3)c2)C1. The lowest BCUT2D eigenvalue weighted by molar-refractivity contribution is 0.306. The molecule has 5 heteroatoms. The van der Waals surface area contributed by atoms with E-state index in [1.807, 2.05) is 35.6 Å². The summed E-state index contributed by atoms with van der Waals surface area (Å²) in [6, 6.07) is 21.0. The zero-order chi connectivity index (χ0) is 20.1. The second-order valence-electron chi connectivity index (χ2n) is 7.29. The Balaban J connectivity index is 1.61. The Hall–Kier alpha value is -2.60. The average Bonchev–Trinajstić information content (AvgIpc) is 3.15. The van der Waals surface area contributed by atoms with Crippen LogP contribution in [0.1, 0.15) is 16.0 Å². The second kappa shape index (κ2) is 9.27. The van der Waals surface area contributed by atoms with Crippen molar-refractivity contribution in [2.24, 2.45) is 5.73 Å². The molecule has 0 aliphatic carbocycles. The van der Waals surface area contributed by atoms with Gasteiger partial charge in [-0.15, -0.1) is 11.3 Å². The van der Waals surface area contributed by atoms with Crippen LogP contribution in [0.5, 0.6) is 5.75 Å². The number of nitrogens with two attached hydrogens (primary N) is 1. The fourth-order valence-electron chi connectivity index (χ4n) is 3.53. The van der Waals surface area contributed by atoms with Crippen LogP contribution in [0, 0.1) is 0 Å². The van der Waals surface area contributed by atoms with Gasteiger partial charge < -0.3 is 20.7 Å². The number of nitrogens with one attached hydrogen (secondary N) is 1. The highest BCUT2D eigenvalue weighted by Crippen LogP contribution is 2.22. The van der Waals surface area contributed by atoms with Crippen molar-refractivity contribution in [1.82, 2.24) is 10.2 Å². The lowest BCUT2D eigenvalue weighted by Gasteiger charge is -2.20. The number of benzene rings is 2. The molecule has 0 amide bonds. The minimum Gasteiger partial charge on any atom is -0.489 e. The van der Waals surface area contributed by atoms with Gasteiger partial charge in [-0.2, -0.15) is 0 Å². The van der Waals surface area contributed by atoms with E-state index in [9.17, 15) is 0 Å². The molecule has 4 nitrogen and oxygen atoms in total. The Kier molecular flexibility index (Phi) is 6.30. The van der Waals surface area contributed by atoms with Crippen molar-refractivity contribution < 1.29 is 4.74 Å². The van der Waals surface area contributed by atoms with Gasteiger partial charge in [0, 0.05) is 54.1 Å². The molecule has 0 radical (unpaired) electrons. The van der Waals surface area contributed by atoms with E-state index in [-0.39, 0.29) is 0 Å². The fraction of sp³-hybridized carbons (Fsp3) is 0.250. The highest BCUT2D eigenvalue weighted by Gasteiger charge is 2.14. The smallest absolute Gasteiger partial charge is 0.120 e. The summed E-state index contributed by atoms with van der Waals surface area (Å²) >= 11 is 1.87. The average molecular weight is 406 g/mol. The topological polar surface area (TPSA) is 50.5 Å². The molecule has 0 bridgehead atoms. The summed E-state index contributed by atoms with van der Waals surface area (Å²) in [5.74, 6) is 0.902. The molecule has 0 saturated carbocycles. The van der Waals surface area contributed by atoms with Crippen LogP contribution in [0.15, 0.2) is 60.7 Å². The number of thiophene rings is 1. The minimum absolute atomic E-state index is 0.578. The molecule has 3 N–H and O–H groups in total. The zero-order valence-corrected chi connectivity index (χ0v) is 17.5. The van der Waals surface area contributed by atoms with Crippen molar-refractivity contribution in [3.63, 3.8) is 0 Å². The van der Waals surface area contributed by atoms with E-state index in [1.54, 1.807) is 0 Å². The van der Waals surface area contributed by atoms with E-state index in [0.717, 1.165) is 25.4 Å². The van der Waals surface area contributed by atoms with Gasteiger partial charge in [0.1, 0.15) is 12.4 Å². The molecule has 29 heavy (non-hydrogen) atoms. The van der Waals surface area contributed by atoms with Crippen LogP contribution in [0.25, 0.3) is 11.8 Å². The van der Waals surface area contributed by atoms with E-state index in [2.05, 4.69) is 59.9 Å². The predicted molar refractivity (Wildman–Crippen MR) is 121 cm³/mol. The van der Waals surface area contributed by atoms with Crippen molar-refractivity contribution in [3.05, 3.63) is 86.4 Å². The van der Waals surface area contributed by atoms with Crippen LogP contribution < -0.4 is 25.5 Å². The summed E-state index contributed by atoms with van der Waals surface area (Å²) in [6.45, 7) is 3.83. The largest absolute Gasteiger partial charge is 0.489 e. The molecule has 0 unspecified atom stereocenters. The molecule has 2 heterocycles. The van der Waals surface area contributed by atoms with Crippen LogP contribution >= 0.6 is 11.3 Å². The molecule has 3 aromatic rings. The lowest BCUT2D eigenvalue weighted by atomic mass is 10.0. The molecule has 150 valence electrons. The number of likely N-dealkylation sites (N-methyl/N-ethyl adjacent to an activating group) is 1. The van der Waals surface area contributed by atoms with E-state index < -0.39 is 0 Å². The fourth-order valence-corrected chi connectivity index (χ4v) is 4.69. The van der Waals surface area contributed by atoms with Gasteiger partial charge in [-0.25, -0.2) is 0 Å². The first kappa shape index (κ1) is 19.7. The van der Waals surface area contributed by atoms with Gasteiger partial charge in [-0.1, -0.05) is 42.5 Å². The van der Waals surface area contributed by atoms with Gasteiger partial charge >= 0.3 is 0 Å². The third kappa shape index (κ3) is 4.88. The maximum Gasteiger partial charge on any atom is 0.120 e. The second-order valence-corrected chi connectivity index (χ2v) is 8.42. The molecule has 1 aliphatic rings. The Labute approximate surface area is 175 Å². The van der Waals surface area contributed by atoms with Crippen LogP contribution in [-0.2, 0) is 13.2 Å². The molecule has 0 atom stereocenters. The standard InChI is InChI=1S/C24H27N3OS/c1-27-15-20-13-22(14-26-11-10-25)29-24(20)23(16-27)19-8-5-9-21(12-19)28-17-18-6-3-2-4-7-18/h2-9,12-13,15,26H,10-11,14,16-17,25H2,1H3. The molecule has 4 rings (SSSR count). The number of ether oxygens (including phenoxy) is 1. The first-order valence-electron chi connectivity index (χ1n) is 9.95. The van der Waals surface area contributed by atoms with E-state index >= 15 is 0 Å². The van der Waals surface area contributed by atoms with Gasteiger partial charge in [-0.05, 0) is 34.9 Å². The first-order chi connectivity index (χ1) is 14.2. The number of hydrogen-bond donors (Lipinski definition) is 2. The third-order valence-electron chi connectivity index (χ3n) is 4.90. The third-order valence-corrected chi connectivity index (χ3v) is 6.11. The number of rotatable bonds is 8. The van der Waals surface area contributed by atoms with Gasteiger partial charge in [0.2, 0.25) is 0 Å². The van der Waals surface area contributed by atoms with Crippen LogP contribution in [0.3, 0.4) is 0 Å². The highest BCUT2D eigenvalue weighted by molar-refractivity contribution is 7.10. The summed E-state index contributed by atoms with van der Waals surface area (Å²) in [5.41, 5.74) is 9.34. The quantitative estimate of drug-likeness (QED) is 0.565. The molecular formula is C24H27N3OS. The number of fused-ring (bicyclic) bond motifs is 1. The van der Waals surface area contributed by atoms with E-state index in [0.29, 0.717) is 13.2 Å². The number of hydrogen-bond acceptors (Lipinski definition) is 5. The Morgan fingerprint density at radius 3 is 2.79 bits per heavy atom. The number of nitrogens with zero attached hydrogens (tertiary/aromatic N) is 1. The minimum atomic E-state index is 0.578. The monoisotopic (exact) mass is 405 g/mol. The molecular weight excluding hydrogens is 378 g/mol.